The third-order valence-corrected chi connectivity index (χ3v) is 3.48. The van der Waals surface area contributed by atoms with Crippen molar-refractivity contribution >= 4 is 17.6 Å². The monoisotopic (exact) mass is 305 g/mol. The van der Waals surface area contributed by atoms with Crippen molar-refractivity contribution in [3.05, 3.63) is 46.5 Å². The average molecular weight is 305 g/mol. The SMILES string of the molecule is Cc1nn(C)c(C)c1CC(=O)Nc1cc(C(=O)O)ccc1F. The van der Waals surface area contributed by atoms with Crippen molar-refractivity contribution in [3.63, 3.8) is 0 Å². The van der Waals surface area contributed by atoms with Crippen LogP contribution in [0, 0.1) is 19.7 Å². The van der Waals surface area contributed by atoms with Gasteiger partial charge in [-0.3, -0.25) is 9.48 Å². The van der Waals surface area contributed by atoms with E-state index < -0.39 is 17.7 Å². The van der Waals surface area contributed by atoms with E-state index in [0.717, 1.165) is 35.2 Å². The molecule has 1 aromatic carbocycles. The van der Waals surface area contributed by atoms with Crippen molar-refractivity contribution in [3.8, 4) is 0 Å². The lowest BCUT2D eigenvalue weighted by Crippen LogP contribution is -2.16. The molecule has 0 atom stereocenters. The molecule has 2 aromatic rings. The van der Waals surface area contributed by atoms with Gasteiger partial charge in [-0.25, -0.2) is 9.18 Å². The quantitative estimate of drug-likeness (QED) is 0.905. The van der Waals surface area contributed by atoms with E-state index in [4.69, 9.17) is 5.11 Å². The Kier molecular flexibility index (Phi) is 4.25. The molecule has 0 unspecified atom stereocenters. The van der Waals surface area contributed by atoms with Gasteiger partial charge in [-0.1, -0.05) is 0 Å². The summed E-state index contributed by atoms with van der Waals surface area (Å²) in [5.41, 5.74) is 2.12. The molecule has 0 aliphatic rings. The van der Waals surface area contributed by atoms with Crippen LogP contribution in [0.1, 0.15) is 27.3 Å². The first-order chi connectivity index (χ1) is 10.3. The molecule has 1 aromatic heterocycles. The van der Waals surface area contributed by atoms with Crippen LogP contribution in [0.25, 0.3) is 0 Å². The molecule has 0 aliphatic heterocycles. The number of anilines is 1. The number of aryl methyl sites for hydroxylation is 2. The van der Waals surface area contributed by atoms with Gasteiger partial charge < -0.3 is 10.4 Å². The van der Waals surface area contributed by atoms with Crippen LogP contribution in [0.15, 0.2) is 18.2 Å². The predicted octanol–water partition coefficient (Wildman–Crippen LogP) is 2.06. The zero-order chi connectivity index (χ0) is 16.4. The molecule has 0 bridgehead atoms. The molecule has 1 heterocycles. The molecule has 22 heavy (non-hydrogen) atoms. The van der Waals surface area contributed by atoms with Gasteiger partial charge in [0.2, 0.25) is 5.91 Å². The number of halogens is 1. The summed E-state index contributed by atoms with van der Waals surface area (Å²) < 4.78 is 15.3. The number of carboxylic acid groups (broad SMARTS) is 1. The summed E-state index contributed by atoms with van der Waals surface area (Å²) >= 11 is 0. The minimum atomic E-state index is -1.19. The van der Waals surface area contributed by atoms with E-state index in [0.29, 0.717) is 0 Å². The Morgan fingerprint density at radius 2 is 2.05 bits per heavy atom. The van der Waals surface area contributed by atoms with Crippen LogP contribution in [0.5, 0.6) is 0 Å². The highest BCUT2D eigenvalue weighted by atomic mass is 19.1. The summed E-state index contributed by atoms with van der Waals surface area (Å²) in [4.78, 5) is 23.0. The van der Waals surface area contributed by atoms with Gasteiger partial charge in [0.05, 0.1) is 23.4 Å². The average Bonchev–Trinajstić information content (AvgIpc) is 2.67. The van der Waals surface area contributed by atoms with Crippen molar-refractivity contribution < 1.29 is 19.1 Å². The number of carbonyl (C=O) groups is 2. The van der Waals surface area contributed by atoms with Crippen LogP contribution in [-0.2, 0) is 18.3 Å². The Morgan fingerprint density at radius 1 is 1.36 bits per heavy atom. The molecule has 0 spiro atoms. The molecule has 0 saturated carbocycles. The number of nitrogens with zero attached hydrogens (tertiary/aromatic N) is 2. The molecule has 116 valence electrons. The Labute approximate surface area is 126 Å². The van der Waals surface area contributed by atoms with Gasteiger partial charge in [-0.15, -0.1) is 0 Å². The van der Waals surface area contributed by atoms with Gasteiger partial charge in [-0.2, -0.15) is 5.10 Å². The van der Waals surface area contributed by atoms with E-state index in [2.05, 4.69) is 10.4 Å². The maximum Gasteiger partial charge on any atom is 0.335 e. The standard InChI is InChI=1S/C15H16FN3O3/c1-8-11(9(2)19(3)18-8)7-14(20)17-13-6-10(15(21)22)4-5-12(13)16/h4-6H,7H2,1-3H3,(H,17,20)(H,21,22). The van der Waals surface area contributed by atoms with E-state index in [1.165, 1.54) is 0 Å². The van der Waals surface area contributed by atoms with Gasteiger partial charge >= 0.3 is 5.97 Å². The summed E-state index contributed by atoms with van der Waals surface area (Å²) in [5.74, 6) is -2.30. The summed E-state index contributed by atoms with van der Waals surface area (Å²) in [7, 11) is 1.78. The molecule has 6 nitrogen and oxygen atoms in total. The maximum absolute atomic E-state index is 13.7. The second kappa shape index (κ2) is 5.97. The Bertz CT molecular complexity index is 753. The predicted molar refractivity (Wildman–Crippen MR) is 78.4 cm³/mol. The van der Waals surface area contributed by atoms with Crippen LogP contribution in [0.2, 0.25) is 0 Å². The second-order valence-electron chi connectivity index (χ2n) is 5.00. The number of aromatic nitrogens is 2. The van der Waals surface area contributed by atoms with E-state index in [1.807, 2.05) is 6.92 Å². The fourth-order valence-electron chi connectivity index (χ4n) is 2.18. The molecule has 0 saturated heterocycles. The molecule has 0 fully saturated rings. The number of amides is 1. The number of carboxylic acids is 1. The minimum Gasteiger partial charge on any atom is -0.478 e. The number of benzene rings is 1. The van der Waals surface area contributed by atoms with Gasteiger partial charge in [0, 0.05) is 18.3 Å². The summed E-state index contributed by atoms with van der Waals surface area (Å²) in [6.07, 6.45) is 0.0439. The lowest BCUT2D eigenvalue weighted by molar-refractivity contribution is -0.115. The van der Waals surface area contributed by atoms with Gasteiger partial charge in [0.1, 0.15) is 5.82 Å². The summed E-state index contributed by atoms with van der Waals surface area (Å²) in [6.45, 7) is 3.63. The lowest BCUT2D eigenvalue weighted by atomic mass is 10.1. The van der Waals surface area contributed by atoms with Crippen LogP contribution in [-0.4, -0.2) is 26.8 Å². The molecule has 2 N–H and O–H groups in total. The third-order valence-electron chi connectivity index (χ3n) is 3.48. The molecule has 1 amide bonds. The highest BCUT2D eigenvalue weighted by Gasteiger charge is 2.15. The summed E-state index contributed by atoms with van der Waals surface area (Å²) in [5, 5.41) is 15.5. The molecule has 0 radical (unpaired) electrons. The van der Waals surface area contributed by atoms with Crippen molar-refractivity contribution in [2.45, 2.75) is 20.3 Å². The molecule has 7 heteroatoms. The first-order valence-electron chi connectivity index (χ1n) is 6.61. The zero-order valence-corrected chi connectivity index (χ0v) is 12.5. The fraction of sp³-hybridized carbons (Fsp3) is 0.267. The molecular formula is C15H16FN3O3. The first-order valence-corrected chi connectivity index (χ1v) is 6.61. The topological polar surface area (TPSA) is 84.2 Å². The van der Waals surface area contributed by atoms with Crippen molar-refractivity contribution in [2.24, 2.45) is 7.05 Å². The van der Waals surface area contributed by atoms with Crippen molar-refractivity contribution in [2.75, 3.05) is 5.32 Å². The molecular weight excluding hydrogens is 289 g/mol. The first kappa shape index (κ1) is 15.7. The number of nitrogens with one attached hydrogen (secondary N) is 1. The maximum atomic E-state index is 13.7. The lowest BCUT2D eigenvalue weighted by Gasteiger charge is -2.08. The molecule has 0 aliphatic carbocycles. The van der Waals surface area contributed by atoms with Crippen LogP contribution >= 0.6 is 0 Å². The van der Waals surface area contributed by atoms with Gasteiger partial charge in [0.15, 0.2) is 0 Å². The van der Waals surface area contributed by atoms with E-state index in [1.54, 1.807) is 18.7 Å². The number of carbonyl (C=O) groups excluding carboxylic acids is 1. The van der Waals surface area contributed by atoms with E-state index >= 15 is 0 Å². The molecule has 2 rings (SSSR count). The van der Waals surface area contributed by atoms with Crippen LogP contribution < -0.4 is 5.32 Å². The largest absolute Gasteiger partial charge is 0.478 e. The highest BCUT2D eigenvalue weighted by molar-refractivity contribution is 5.95. The third kappa shape index (κ3) is 3.13. The van der Waals surface area contributed by atoms with Crippen molar-refractivity contribution in [1.82, 2.24) is 9.78 Å². The normalized spacial score (nSPS) is 10.5. The Hall–Kier alpha value is -2.70. The van der Waals surface area contributed by atoms with Gasteiger partial charge in [0.25, 0.3) is 0 Å². The number of rotatable bonds is 4. The Balaban J connectivity index is 2.19. The summed E-state index contributed by atoms with van der Waals surface area (Å²) in [6, 6.07) is 3.25. The smallest absolute Gasteiger partial charge is 0.335 e. The van der Waals surface area contributed by atoms with Crippen LogP contribution in [0.4, 0.5) is 10.1 Å². The van der Waals surface area contributed by atoms with Crippen LogP contribution in [0.3, 0.4) is 0 Å². The van der Waals surface area contributed by atoms with Crippen molar-refractivity contribution in [1.29, 1.82) is 0 Å². The highest BCUT2D eigenvalue weighted by Crippen LogP contribution is 2.18. The zero-order valence-electron chi connectivity index (χ0n) is 12.5. The van der Waals surface area contributed by atoms with Gasteiger partial charge in [-0.05, 0) is 32.0 Å². The number of aromatic carboxylic acids is 1. The minimum absolute atomic E-state index is 0.0439. The van der Waals surface area contributed by atoms with E-state index in [9.17, 15) is 14.0 Å². The second-order valence-corrected chi connectivity index (χ2v) is 5.00. The fourth-order valence-corrected chi connectivity index (χ4v) is 2.18. The number of hydrogen-bond donors (Lipinski definition) is 2. The van der Waals surface area contributed by atoms with E-state index in [-0.39, 0.29) is 17.7 Å². The Morgan fingerprint density at radius 3 is 2.59 bits per heavy atom. The number of hydrogen-bond acceptors (Lipinski definition) is 3.